The molecule has 17 heavy (non-hydrogen) atoms. The lowest BCUT2D eigenvalue weighted by Gasteiger charge is -2.06. The zero-order valence-corrected chi connectivity index (χ0v) is 9.77. The van der Waals surface area contributed by atoms with E-state index in [4.69, 9.17) is 4.74 Å². The molecule has 1 heterocycles. The highest BCUT2D eigenvalue weighted by molar-refractivity contribution is 6.03. The first-order chi connectivity index (χ1) is 8.29. The number of benzene rings is 2. The number of hydrogen-bond acceptors (Lipinski definition) is 3. The quantitative estimate of drug-likeness (QED) is 0.596. The minimum atomic E-state index is 0.591. The topological polar surface area (TPSA) is 35.0 Å². The minimum absolute atomic E-state index is 0.591. The predicted octanol–water partition coefficient (Wildman–Crippen LogP) is 3.10. The fourth-order valence-electron chi connectivity index (χ4n) is 2.05. The van der Waals surface area contributed by atoms with Crippen molar-refractivity contribution in [3.05, 3.63) is 42.1 Å². The summed E-state index contributed by atoms with van der Waals surface area (Å²) in [5, 5.41) is 2.31. The van der Waals surface area contributed by atoms with Crippen LogP contribution in [0.1, 0.15) is 5.69 Å². The van der Waals surface area contributed by atoms with E-state index in [-0.39, 0.29) is 0 Å². The summed E-state index contributed by atoms with van der Waals surface area (Å²) in [6.07, 6.45) is 0. The second kappa shape index (κ2) is 3.70. The number of rotatable bonds is 1. The monoisotopic (exact) mass is 224 g/mol. The van der Waals surface area contributed by atoms with Gasteiger partial charge in [0.15, 0.2) is 0 Å². The summed E-state index contributed by atoms with van der Waals surface area (Å²) in [4.78, 5) is 9.05. The van der Waals surface area contributed by atoms with Crippen LogP contribution in [0.4, 0.5) is 0 Å². The molecule has 2 aromatic carbocycles. The molecule has 3 aromatic rings. The van der Waals surface area contributed by atoms with E-state index in [1.54, 1.807) is 7.11 Å². The van der Waals surface area contributed by atoms with Gasteiger partial charge >= 0.3 is 0 Å². The van der Waals surface area contributed by atoms with E-state index in [0.29, 0.717) is 5.88 Å². The summed E-state index contributed by atoms with van der Waals surface area (Å²) in [7, 11) is 1.61. The Morgan fingerprint density at radius 2 is 1.82 bits per heavy atom. The van der Waals surface area contributed by atoms with E-state index in [1.807, 2.05) is 25.1 Å². The highest BCUT2D eigenvalue weighted by atomic mass is 16.5. The summed E-state index contributed by atoms with van der Waals surface area (Å²) in [5.41, 5.74) is 2.61. The molecule has 0 radical (unpaired) electrons. The normalized spacial score (nSPS) is 10.9. The number of aryl methyl sites for hydroxylation is 1. The third-order valence-electron chi connectivity index (χ3n) is 2.88. The van der Waals surface area contributed by atoms with Gasteiger partial charge in [-0.25, -0.2) is 9.97 Å². The average Bonchev–Trinajstić information content (AvgIpc) is 2.38. The molecule has 84 valence electrons. The first-order valence-corrected chi connectivity index (χ1v) is 5.49. The summed E-state index contributed by atoms with van der Waals surface area (Å²) in [5.74, 6) is 0.591. The summed E-state index contributed by atoms with van der Waals surface area (Å²) >= 11 is 0. The number of hydrogen-bond donors (Lipinski definition) is 0. The van der Waals surface area contributed by atoms with Gasteiger partial charge in [-0.2, -0.15) is 0 Å². The summed E-state index contributed by atoms with van der Waals surface area (Å²) < 4.78 is 5.19. The van der Waals surface area contributed by atoms with Crippen LogP contribution < -0.4 is 4.74 Å². The molecule has 0 N–H and O–H groups in total. The molecular formula is C14H12N2O. The number of fused-ring (bicyclic) bond motifs is 3. The second-order valence-corrected chi connectivity index (χ2v) is 3.97. The Balaban J connectivity index is 2.46. The Morgan fingerprint density at radius 3 is 2.65 bits per heavy atom. The smallest absolute Gasteiger partial charge is 0.235 e. The van der Waals surface area contributed by atoms with Crippen molar-refractivity contribution in [2.45, 2.75) is 6.92 Å². The van der Waals surface area contributed by atoms with Crippen LogP contribution in [0.15, 0.2) is 36.4 Å². The lowest BCUT2D eigenvalue weighted by molar-refractivity contribution is 0.394. The Kier molecular flexibility index (Phi) is 2.18. The molecule has 0 aliphatic heterocycles. The highest BCUT2D eigenvalue weighted by Gasteiger charge is 2.07. The van der Waals surface area contributed by atoms with E-state index < -0.39 is 0 Å². The van der Waals surface area contributed by atoms with Crippen LogP contribution in [0, 0.1) is 6.92 Å². The third-order valence-corrected chi connectivity index (χ3v) is 2.88. The Labute approximate surface area is 99.1 Å². The average molecular weight is 224 g/mol. The Morgan fingerprint density at radius 1 is 1.00 bits per heavy atom. The lowest BCUT2D eigenvalue weighted by atomic mass is 10.1. The van der Waals surface area contributed by atoms with Gasteiger partial charge in [0.1, 0.15) is 5.69 Å². The lowest BCUT2D eigenvalue weighted by Crippen LogP contribution is -1.96. The Hall–Kier alpha value is -2.16. The number of aromatic nitrogens is 2. The van der Waals surface area contributed by atoms with Crippen LogP contribution in [-0.4, -0.2) is 17.1 Å². The van der Waals surface area contributed by atoms with E-state index in [2.05, 4.69) is 28.2 Å². The Bertz CT molecular complexity index is 707. The van der Waals surface area contributed by atoms with E-state index in [1.165, 1.54) is 5.39 Å². The summed E-state index contributed by atoms with van der Waals surface area (Å²) in [6.45, 7) is 1.91. The van der Waals surface area contributed by atoms with Gasteiger partial charge in [-0.1, -0.05) is 30.3 Å². The van der Waals surface area contributed by atoms with Gasteiger partial charge in [0, 0.05) is 5.39 Å². The van der Waals surface area contributed by atoms with Crippen molar-refractivity contribution in [3.8, 4) is 5.88 Å². The van der Waals surface area contributed by atoms with E-state index >= 15 is 0 Å². The molecule has 0 unspecified atom stereocenters. The van der Waals surface area contributed by atoms with Gasteiger partial charge in [-0.3, -0.25) is 0 Å². The van der Waals surface area contributed by atoms with Crippen molar-refractivity contribution in [3.63, 3.8) is 0 Å². The summed E-state index contributed by atoms with van der Waals surface area (Å²) in [6, 6.07) is 12.2. The van der Waals surface area contributed by atoms with Crippen molar-refractivity contribution in [2.75, 3.05) is 7.11 Å². The van der Waals surface area contributed by atoms with Crippen LogP contribution in [0.2, 0.25) is 0 Å². The first-order valence-electron chi connectivity index (χ1n) is 5.49. The van der Waals surface area contributed by atoms with Crippen LogP contribution in [-0.2, 0) is 0 Å². The van der Waals surface area contributed by atoms with Crippen LogP contribution in [0.5, 0.6) is 5.88 Å². The minimum Gasteiger partial charge on any atom is -0.480 e. The third kappa shape index (κ3) is 1.51. The maximum absolute atomic E-state index is 5.19. The molecule has 1 aromatic heterocycles. The van der Waals surface area contributed by atoms with Gasteiger partial charge < -0.3 is 4.74 Å². The molecule has 0 amide bonds. The number of ether oxygens (including phenoxy) is 1. The van der Waals surface area contributed by atoms with Gasteiger partial charge in [0.25, 0.3) is 0 Å². The van der Waals surface area contributed by atoms with Crippen molar-refractivity contribution < 1.29 is 4.74 Å². The molecule has 0 fully saturated rings. The van der Waals surface area contributed by atoms with Crippen LogP contribution in [0.25, 0.3) is 21.8 Å². The van der Waals surface area contributed by atoms with E-state index in [9.17, 15) is 0 Å². The standard InChI is InChI=1S/C14H12N2O/c1-9-14(17-2)16-12-8-7-10-5-3-4-6-11(10)13(12)15-9/h3-8H,1-2H3. The maximum atomic E-state index is 5.19. The van der Waals surface area contributed by atoms with Crippen molar-refractivity contribution in [1.82, 2.24) is 9.97 Å². The predicted molar refractivity (Wildman–Crippen MR) is 68.3 cm³/mol. The number of nitrogens with zero attached hydrogens (tertiary/aromatic N) is 2. The molecule has 0 atom stereocenters. The molecule has 0 spiro atoms. The molecular weight excluding hydrogens is 212 g/mol. The van der Waals surface area contributed by atoms with Gasteiger partial charge in [0.2, 0.25) is 5.88 Å². The molecule has 3 nitrogen and oxygen atoms in total. The first kappa shape index (κ1) is 10.0. The fourth-order valence-corrected chi connectivity index (χ4v) is 2.05. The molecule has 0 bridgehead atoms. The zero-order chi connectivity index (χ0) is 11.8. The van der Waals surface area contributed by atoms with Gasteiger partial charge in [-0.15, -0.1) is 0 Å². The second-order valence-electron chi connectivity index (χ2n) is 3.97. The fraction of sp³-hybridized carbons (Fsp3) is 0.143. The maximum Gasteiger partial charge on any atom is 0.235 e. The van der Waals surface area contributed by atoms with Crippen LogP contribution >= 0.6 is 0 Å². The molecule has 0 saturated carbocycles. The molecule has 0 aliphatic carbocycles. The van der Waals surface area contributed by atoms with Gasteiger partial charge in [-0.05, 0) is 18.4 Å². The molecule has 0 aliphatic rings. The molecule has 0 saturated heterocycles. The molecule has 3 rings (SSSR count). The van der Waals surface area contributed by atoms with Crippen molar-refractivity contribution in [1.29, 1.82) is 0 Å². The van der Waals surface area contributed by atoms with E-state index in [0.717, 1.165) is 22.1 Å². The van der Waals surface area contributed by atoms with Crippen molar-refractivity contribution >= 4 is 21.8 Å². The zero-order valence-electron chi connectivity index (χ0n) is 9.77. The SMILES string of the molecule is COc1nc2ccc3ccccc3c2nc1C. The van der Waals surface area contributed by atoms with Gasteiger partial charge in [0.05, 0.1) is 18.1 Å². The largest absolute Gasteiger partial charge is 0.480 e. The highest BCUT2D eigenvalue weighted by Crippen LogP contribution is 2.25. The van der Waals surface area contributed by atoms with Crippen LogP contribution in [0.3, 0.4) is 0 Å². The van der Waals surface area contributed by atoms with Crippen molar-refractivity contribution in [2.24, 2.45) is 0 Å². The number of methoxy groups -OCH3 is 1. The molecule has 3 heteroatoms.